The third kappa shape index (κ3) is 7.46. The molecule has 0 saturated heterocycles. The van der Waals surface area contributed by atoms with Gasteiger partial charge in [0.05, 0.1) is 25.5 Å². The van der Waals surface area contributed by atoms with E-state index in [0.717, 1.165) is 48.2 Å². The first kappa shape index (κ1) is 26.2. The van der Waals surface area contributed by atoms with Crippen LogP contribution in [0.5, 0.6) is 5.75 Å². The summed E-state index contributed by atoms with van der Waals surface area (Å²) in [6.45, 7) is 11.7. The van der Waals surface area contributed by atoms with Crippen molar-refractivity contribution < 1.29 is 9.47 Å². The molecule has 0 saturated carbocycles. The highest BCUT2D eigenvalue weighted by atomic mass is 127. The van der Waals surface area contributed by atoms with Crippen LogP contribution in [-0.2, 0) is 24.4 Å². The van der Waals surface area contributed by atoms with Gasteiger partial charge in [-0.3, -0.25) is 9.67 Å². The number of aliphatic imine (C=N–C) groups is 1. The minimum Gasteiger partial charge on any atom is -0.493 e. The standard InChI is InChI=1S/C22H35N5O2.HI/c1-7-11-29-21-13-16(2)8-9-19(21)14-24-22(23-5)25-15-20-17(3)26-27(18(20)4)10-12-28-6;/h8-9,13H,7,10-12,14-15H2,1-6H3,(H2,23,24,25);1H. The van der Waals surface area contributed by atoms with Gasteiger partial charge in [0.2, 0.25) is 0 Å². The summed E-state index contributed by atoms with van der Waals surface area (Å²) in [5.74, 6) is 1.68. The van der Waals surface area contributed by atoms with E-state index in [1.807, 2.05) is 11.6 Å². The summed E-state index contributed by atoms with van der Waals surface area (Å²) >= 11 is 0. The smallest absolute Gasteiger partial charge is 0.191 e. The Labute approximate surface area is 197 Å². The highest BCUT2D eigenvalue weighted by Gasteiger charge is 2.12. The lowest BCUT2D eigenvalue weighted by molar-refractivity contribution is 0.182. The third-order valence-corrected chi connectivity index (χ3v) is 4.83. The fourth-order valence-corrected chi connectivity index (χ4v) is 3.11. The van der Waals surface area contributed by atoms with Gasteiger partial charge in [-0.2, -0.15) is 5.10 Å². The molecule has 30 heavy (non-hydrogen) atoms. The molecule has 0 bridgehead atoms. The molecule has 0 atom stereocenters. The molecule has 0 amide bonds. The first-order chi connectivity index (χ1) is 14.0. The van der Waals surface area contributed by atoms with Crippen molar-refractivity contribution in [2.75, 3.05) is 27.4 Å². The van der Waals surface area contributed by atoms with Crippen LogP contribution in [0.3, 0.4) is 0 Å². The number of aryl methyl sites for hydroxylation is 2. The van der Waals surface area contributed by atoms with E-state index in [-0.39, 0.29) is 24.0 Å². The molecular weight excluding hydrogens is 493 g/mol. The van der Waals surface area contributed by atoms with Gasteiger partial charge in [-0.15, -0.1) is 24.0 Å². The molecule has 0 aliphatic carbocycles. The van der Waals surface area contributed by atoms with Crippen LogP contribution >= 0.6 is 24.0 Å². The average molecular weight is 529 g/mol. The Hall–Kier alpha value is -1.81. The van der Waals surface area contributed by atoms with Crippen LogP contribution < -0.4 is 15.4 Å². The number of methoxy groups -OCH3 is 1. The number of hydrogen-bond donors (Lipinski definition) is 2. The quantitative estimate of drug-likeness (QED) is 0.279. The highest BCUT2D eigenvalue weighted by molar-refractivity contribution is 14.0. The van der Waals surface area contributed by atoms with Gasteiger partial charge in [-0.25, -0.2) is 0 Å². The molecule has 1 aromatic heterocycles. The molecule has 2 N–H and O–H groups in total. The Kier molecular flexibility index (Phi) is 11.8. The topological polar surface area (TPSA) is 72.7 Å². The Morgan fingerprint density at radius 3 is 2.53 bits per heavy atom. The second-order valence-electron chi connectivity index (χ2n) is 7.10. The lowest BCUT2D eigenvalue weighted by Crippen LogP contribution is -2.36. The summed E-state index contributed by atoms with van der Waals surface area (Å²) in [6, 6.07) is 6.30. The predicted octanol–water partition coefficient (Wildman–Crippen LogP) is 3.73. The van der Waals surface area contributed by atoms with Crippen molar-refractivity contribution in [3.05, 3.63) is 46.3 Å². The molecule has 8 heteroatoms. The maximum absolute atomic E-state index is 5.91. The van der Waals surface area contributed by atoms with Gasteiger partial charge in [0.1, 0.15) is 5.75 Å². The molecule has 0 unspecified atom stereocenters. The molecule has 0 aliphatic rings. The minimum atomic E-state index is 0. The zero-order valence-corrected chi connectivity index (χ0v) is 21.4. The summed E-state index contributed by atoms with van der Waals surface area (Å²) in [4.78, 5) is 4.35. The minimum absolute atomic E-state index is 0. The number of aromatic nitrogens is 2. The van der Waals surface area contributed by atoms with Crippen LogP contribution in [0.25, 0.3) is 0 Å². The largest absolute Gasteiger partial charge is 0.493 e. The first-order valence-corrected chi connectivity index (χ1v) is 10.2. The fourth-order valence-electron chi connectivity index (χ4n) is 3.11. The summed E-state index contributed by atoms with van der Waals surface area (Å²) in [5, 5.41) is 11.4. The molecule has 0 aliphatic heterocycles. The van der Waals surface area contributed by atoms with Gasteiger partial charge < -0.3 is 20.1 Å². The van der Waals surface area contributed by atoms with Crippen molar-refractivity contribution in [1.29, 1.82) is 0 Å². The number of rotatable bonds is 10. The Bertz CT molecular complexity index is 820. The molecule has 2 rings (SSSR count). The predicted molar refractivity (Wildman–Crippen MR) is 133 cm³/mol. The van der Waals surface area contributed by atoms with Crippen molar-refractivity contribution in [3.63, 3.8) is 0 Å². The summed E-state index contributed by atoms with van der Waals surface area (Å²) in [7, 11) is 3.48. The van der Waals surface area contributed by atoms with E-state index in [1.54, 1.807) is 14.2 Å². The van der Waals surface area contributed by atoms with E-state index < -0.39 is 0 Å². The molecule has 1 heterocycles. The number of hydrogen-bond acceptors (Lipinski definition) is 4. The van der Waals surface area contributed by atoms with Crippen molar-refractivity contribution in [3.8, 4) is 5.75 Å². The number of nitrogens with one attached hydrogen (secondary N) is 2. The molecule has 0 fully saturated rings. The number of ether oxygens (including phenoxy) is 2. The summed E-state index contributed by atoms with van der Waals surface area (Å²) in [5.41, 5.74) is 5.67. The van der Waals surface area contributed by atoms with Crippen molar-refractivity contribution >= 4 is 29.9 Å². The molecule has 168 valence electrons. The average Bonchev–Trinajstić information content (AvgIpc) is 2.98. The molecule has 0 radical (unpaired) electrons. The van der Waals surface area contributed by atoms with Gasteiger partial charge in [0.15, 0.2) is 5.96 Å². The van der Waals surface area contributed by atoms with Gasteiger partial charge >= 0.3 is 0 Å². The molecule has 2 aromatic rings. The maximum atomic E-state index is 5.91. The molecular formula is C22H36IN5O2. The van der Waals surface area contributed by atoms with E-state index in [9.17, 15) is 0 Å². The van der Waals surface area contributed by atoms with Crippen LogP contribution in [0.4, 0.5) is 0 Å². The zero-order chi connectivity index (χ0) is 21.2. The van der Waals surface area contributed by atoms with E-state index in [0.29, 0.717) is 19.7 Å². The van der Waals surface area contributed by atoms with Gasteiger partial charge in [-0.1, -0.05) is 19.1 Å². The lowest BCUT2D eigenvalue weighted by atomic mass is 10.1. The number of guanidine groups is 1. The molecule has 1 aromatic carbocycles. The van der Waals surface area contributed by atoms with Crippen molar-refractivity contribution in [2.24, 2.45) is 4.99 Å². The Morgan fingerprint density at radius 2 is 1.87 bits per heavy atom. The van der Waals surface area contributed by atoms with Gasteiger partial charge in [0, 0.05) is 44.1 Å². The van der Waals surface area contributed by atoms with Crippen LogP contribution in [0.15, 0.2) is 23.2 Å². The van der Waals surface area contributed by atoms with Crippen LogP contribution in [0, 0.1) is 20.8 Å². The fraction of sp³-hybridized carbons (Fsp3) is 0.545. The van der Waals surface area contributed by atoms with E-state index in [2.05, 4.69) is 59.7 Å². The highest BCUT2D eigenvalue weighted by Crippen LogP contribution is 2.20. The zero-order valence-electron chi connectivity index (χ0n) is 19.0. The van der Waals surface area contributed by atoms with Crippen LogP contribution in [0.1, 0.15) is 41.4 Å². The van der Waals surface area contributed by atoms with Crippen molar-refractivity contribution in [2.45, 2.75) is 53.8 Å². The monoisotopic (exact) mass is 529 g/mol. The molecule has 0 spiro atoms. The Balaban J connectivity index is 0.00000450. The van der Waals surface area contributed by atoms with Gasteiger partial charge in [-0.05, 0) is 38.8 Å². The summed E-state index contributed by atoms with van der Waals surface area (Å²) < 4.78 is 13.1. The van der Waals surface area contributed by atoms with E-state index >= 15 is 0 Å². The normalized spacial score (nSPS) is 11.2. The SMILES string of the molecule is CCCOc1cc(C)ccc1CNC(=NC)NCc1c(C)nn(CCOC)c1C.I. The van der Waals surface area contributed by atoms with E-state index in [4.69, 9.17) is 9.47 Å². The van der Waals surface area contributed by atoms with Crippen LogP contribution in [0.2, 0.25) is 0 Å². The first-order valence-electron chi connectivity index (χ1n) is 10.2. The second-order valence-corrected chi connectivity index (χ2v) is 7.10. The number of benzene rings is 1. The number of halogens is 1. The Morgan fingerprint density at radius 1 is 1.13 bits per heavy atom. The number of nitrogens with zero attached hydrogens (tertiary/aromatic N) is 3. The van der Waals surface area contributed by atoms with Gasteiger partial charge in [0.25, 0.3) is 0 Å². The second kappa shape index (κ2) is 13.5. The van der Waals surface area contributed by atoms with Crippen LogP contribution in [-0.4, -0.2) is 43.1 Å². The third-order valence-electron chi connectivity index (χ3n) is 4.83. The van der Waals surface area contributed by atoms with E-state index in [1.165, 1.54) is 11.1 Å². The molecule has 7 nitrogen and oxygen atoms in total. The lowest BCUT2D eigenvalue weighted by Gasteiger charge is -2.15. The van der Waals surface area contributed by atoms with Crippen molar-refractivity contribution in [1.82, 2.24) is 20.4 Å². The maximum Gasteiger partial charge on any atom is 0.191 e. The summed E-state index contributed by atoms with van der Waals surface area (Å²) in [6.07, 6.45) is 0.987.